The summed E-state index contributed by atoms with van der Waals surface area (Å²) in [5.41, 5.74) is 3.06. The van der Waals surface area contributed by atoms with E-state index in [2.05, 4.69) is 36.5 Å². The molecule has 0 saturated carbocycles. The third kappa shape index (κ3) is 8.79. The van der Waals surface area contributed by atoms with Crippen LogP contribution in [0.5, 0.6) is 0 Å². The van der Waals surface area contributed by atoms with Gasteiger partial charge >= 0.3 is 0 Å². The maximum atomic E-state index is 13.4. The predicted molar refractivity (Wildman–Crippen MR) is 215 cm³/mol. The first-order valence-electron chi connectivity index (χ1n) is 18.3. The maximum Gasteiger partial charge on any atom is 0.274 e. The smallest absolute Gasteiger partial charge is 0.274 e. The highest BCUT2D eigenvalue weighted by molar-refractivity contribution is 6.09. The molecule has 0 radical (unpaired) electrons. The molecule has 294 valence electrons. The number of carbonyl (C=O) groups is 5. The largest absolute Gasteiger partial charge is 0.379 e. The van der Waals surface area contributed by atoms with E-state index in [0.29, 0.717) is 48.2 Å². The number of pyridine rings is 1. The van der Waals surface area contributed by atoms with Gasteiger partial charge in [0, 0.05) is 90.7 Å². The Morgan fingerprint density at radius 2 is 1.00 bits per heavy atom. The Balaban J connectivity index is 0.931. The molecule has 5 N–H and O–H groups in total. The number of aryl methyl sites for hydroxylation is 4. The molecule has 0 aliphatic carbocycles. The van der Waals surface area contributed by atoms with E-state index in [-0.39, 0.29) is 28.7 Å². The predicted octanol–water partition coefficient (Wildman–Crippen LogP) is 3.66. The van der Waals surface area contributed by atoms with Crippen LogP contribution in [0.15, 0.2) is 85.6 Å². The molecule has 0 atom stereocenters. The Kier molecular flexibility index (Phi) is 11.0. The van der Waals surface area contributed by atoms with Gasteiger partial charge in [-0.3, -0.25) is 33.9 Å². The van der Waals surface area contributed by atoms with Crippen LogP contribution in [0.1, 0.15) is 52.4 Å². The van der Waals surface area contributed by atoms with Gasteiger partial charge in [0.25, 0.3) is 29.5 Å². The fraction of sp³-hybridized carbons (Fsp3) is 0.250. The van der Waals surface area contributed by atoms with Crippen LogP contribution in [0.3, 0.4) is 0 Å². The molecule has 0 unspecified atom stereocenters. The van der Waals surface area contributed by atoms with Crippen LogP contribution < -0.4 is 26.6 Å². The van der Waals surface area contributed by atoms with Gasteiger partial charge in [-0.05, 0) is 35.7 Å². The molecule has 6 aromatic rings. The normalized spacial score (nSPS) is 13.0. The lowest BCUT2D eigenvalue weighted by molar-refractivity contribution is 0.0383. The number of nitrogens with zero attached hydrogens (tertiary/aromatic N) is 6. The summed E-state index contributed by atoms with van der Waals surface area (Å²) < 4.78 is 11.8. The summed E-state index contributed by atoms with van der Waals surface area (Å²) in [7, 11) is 6.76. The van der Waals surface area contributed by atoms with E-state index >= 15 is 0 Å². The third-order valence-electron chi connectivity index (χ3n) is 9.66. The summed E-state index contributed by atoms with van der Waals surface area (Å²) in [5.74, 6) is -2.00. The van der Waals surface area contributed by atoms with Gasteiger partial charge in [0.15, 0.2) is 0 Å². The molecular formula is C40H43N11O6. The maximum absolute atomic E-state index is 13.4. The molecule has 1 aromatic carbocycles. The van der Waals surface area contributed by atoms with Gasteiger partial charge in [-0.25, -0.2) is 0 Å². The van der Waals surface area contributed by atoms with E-state index in [4.69, 9.17) is 4.74 Å². The third-order valence-corrected chi connectivity index (χ3v) is 9.66. The van der Waals surface area contributed by atoms with Crippen molar-refractivity contribution in [3.05, 3.63) is 114 Å². The van der Waals surface area contributed by atoms with Crippen molar-refractivity contribution in [2.45, 2.75) is 0 Å². The number of rotatable bonds is 12. The number of benzene rings is 1. The molecule has 0 spiro atoms. The zero-order valence-electron chi connectivity index (χ0n) is 32.0. The summed E-state index contributed by atoms with van der Waals surface area (Å²) >= 11 is 0. The minimum absolute atomic E-state index is 0.243. The summed E-state index contributed by atoms with van der Waals surface area (Å²) in [6.07, 6.45) is 8.13. The van der Waals surface area contributed by atoms with Crippen molar-refractivity contribution in [2.24, 2.45) is 28.2 Å². The number of aromatic nitrogens is 5. The first kappa shape index (κ1) is 38.3. The molecule has 1 aliphatic heterocycles. The van der Waals surface area contributed by atoms with Gasteiger partial charge < -0.3 is 49.6 Å². The van der Waals surface area contributed by atoms with Gasteiger partial charge in [-0.2, -0.15) is 0 Å². The second-order valence-electron chi connectivity index (χ2n) is 13.8. The highest BCUT2D eigenvalue weighted by Gasteiger charge is 2.21. The highest BCUT2D eigenvalue weighted by atomic mass is 16.5. The van der Waals surface area contributed by atoms with E-state index < -0.39 is 23.6 Å². The Morgan fingerprint density at radius 3 is 1.47 bits per heavy atom. The average Bonchev–Trinajstić information content (AvgIpc) is 3.96. The first-order chi connectivity index (χ1) is 27.4. The SMILES string of the molecule is Cn1cc(NC(=O)c2cc(NC(=O)c3cc(NC(=O)c4cc(NC(=O)c5cc6ccccc6cn5)cn4C)cn3C)cn2C)cc1C(=O)NCCN1CCOCC1. The number of morpholine rings is 1. The molecule has 5 amide bonds. The van der Waals surface area contributed by atoms with Gasteiger partial charge in [0.1, 0.15) is 28.5 Å². The average molecular weight is 774 g/mol. The lowest BCUT2D eigenvalue weighted by atomic mass is 10.1. The first-order valence-corrected chi connectivity index (χ1v) is 18.3. The van der Waals surface area contributed by atoms with E-state index in [0.717, 1.165) is 30.4 Å². The van der Waals surface area contributed by atoms with E-state index in [9.17, 15) is 24.0 Å². The number of anilines is 4. The number of fused-ring (bicyclic) bond motifs is 1. The molecule has 1 aliphatic rings. The van der Waals surface area contributed by atoms with Crippen LogP contribution in [-0.4, -0.2) is 97.1 Å². The summed E-state index contributed by atoms with van der Waals surface area (Å²) in [6, 6.07) is 15.5. The van der Waals surface area contributed by atoms with E-state index in [1.165, 1.54) is 6.07 Å². The molecule has 6 heterocycles. The number of ether oxygens (including phenoxy) is 1. The Morgan fingerprint density at radius 1 is 0.579 bits per heavy atom. The fourth-order valence-electron chi connectivity index (χ4n) is 6.67. The van der Waals surface area contributed by atoms with Crippen LogP contribution in [0, 0.1) is 0 Å². The van der Waals surface area contributed by atoms with Gasteiger partial charge in [-0.15, -0.1) is 0 Å². The Labute approximate surface area is 327 Å². The lowest BCUT2D eigenvalue weighted by Gasteiger charge is -2.26. The minimum atomic E-state index is -0.464. The quantitative estimate of drug-likeness (QED) is 0.125. The van der Waals surface area contributed by atoms with Crippen molar-refractivity contribution in [3.8, 4) is 0 Å². The molecule has 7 rings (SSSR count). The number of carbonyl (C=O) groups excluding carboxylic acids is 5. The van der Waals surface area contributed by atoms with Gasteiger partial charge in [0.2, 0.25) is 0 Å². The van der Waals surface area contributed by atoms with Crippen LogP contribution >= 0.6 is 0 Å². The van der Waals surface area contributed by atoms with Crippen molar-refractivity contribution < 1.29 is 28.7 Å². The van der Waals surface area contributed by atoms with Crippen molar-refractivity contribution in [2.75, 3.05) is 60.7 Å². The molecule has 17 heteroatoms. The van der Waals surface area contributed by atoms with Crippen LogP contribution in [0.2, 0.25) is 0 Å². The van der Waals surface area contributed by atoms with Crippen molar-refractivity contribution in [3.63, 3.8) is 0 Å². The van der Waals surface area contributed by atoms with Gasteiger partial charge in [-0.1, -0.05) is 24.3 Å². The zero-order valence-corrected chi connectivity index (χ0v) is 32.0. The Bertz CT molecular complexity index is 2500. The topological polar surface area (TPSA) is 191 Å². The minimum Gasteiger partial charge on any atom is -0.379 e. The van der Waals surface area contributed by atoms with Crippen molar-refractivity contribution in [1.82, 2.24) is 33.5 Å². The highest BCUT2D eigenvalue weighted by Crippen LogP contribution is 2.22. The van der Waals surface area contributed by atoms with E-state index in [1.54, 1.807) is 102 Å². The number of hydrogen-bond donors (Lipinski definition) is 5. The summed E-state index contributed by atoms with van der Waals surface area (Å²) in [4.78, 5) is 72.2. The molecule has 1 saturated heterocycles. The van der Waals surface area contributed by atoms with Crippen LogP contribution in [0.25, 0.3) is 10.8 Å². The van der Waals surface area contributed by atoms with E-state index in [1.807, 2.05) is 24.3 Å². The number of nitrogens with one attached hydrogen (secondary N) is 5. The summed E-state index contributed by atoms with van der Waals surface area (Å²) in [5, 5.41) is 16.0. The fourth-order valence-corrected chi connectivity index (χ4v) is 6.67. The number of amides is 5. The molecular weight excluding hydrogens is 731 g/mol. The second kappa shape index (κ2) is 16.4. The summed E-state index contributed by atoms with van der Waals surface area (Å²) in [6.45, 7) is 4.26. The Hall–Kier alpha value is -6.98. The molecule has 5 aromatic heterocycles. The van der Waals surface area contributed by atoms with Gasteiger partial charge in [0.05, 0.1) is 36.0 Å². The number of hydrogen-bond acceptors (Lipinski definition) is 8. The molecule has 1 fully saturated rings. The van der Waals surface area contributed by atoms with Crippen LogP contribution in [-0.2, 0) is 32.9 Å². The molecule has 17 nitrogen and oxygen atoms in total. The lowest BCUT2D eigenvalue weighted by Crippen LogP contribution is -2.41. The standard InChI is InChI=1S/C40H43N11O6/c1-47-22-28(16-32(47)37(53)41-9-10-51-11-13-57-14-12-51)44-39(55)34-18-30(24-49(34)3)46-40(56)35-19-29(23-50(35)4)45-38(54)33-17-27(21-48(33)2)43-36(52)31-15-25-7-5-6-8-26(25)20-42-31/h5-8,15-24H,9-14H2,1-4H3,(H,41,53)(H,43,52)(H,44,55)(H,45,54)(H,46,56). The zero-order chi connectivity index (χ0) is 40.2. The van der Waals surface area contributed by atoms with Crippen molar-refractivity contribution >= 4 is 63.1 Å². The molecule has 0 bridgehead atoms. The van der Waals surface area contributed by atoms with Crippen molar-refractivity contribution in [1.29, 1.82) is 0 Å². The second-order valence-corrected chi connectivity index (χ2v) is 13.8. The monoisotopic (exact) mass is 773 g/mol. The molecule has 57 heavy (non-hydrogen) atoms. The van der Waals surface area contributed by atoms with Crippen LogP contribution in [0.4, 0.5) is 22.7 Å².